The number of carbonyl (C=O) groups excluding carboxylic acids is 1. The molecule has 1 aromatic heterocycles. The molecule has 1 aliphatic heterocycles. The first kappa shape index (κ1) is 28.0. The summed E-state index contributed by atoms with van der Waals surface area (Å²) in [5.41, 5.74) is 3.41. The predicted octanol–water partition coefficient (Wildman–Crippen LogP) is 5.75. The molecule has 4 aromatic rings. The Labute approximate surface area is 245 Å². The highest BCUT2D eigenvalue weighted by molar-refractivity contribution is 7.98. The van der Waals surface area contributed by atoms with Gasteiger partial charge in [-0.2, -0.15) is 0 Å². The molecule has 0 amide bonds. The second-order valence-corrected chi connectivity index (χ2v) is 11.4. The zero-order valence-electron chi connectivity index (χ0n) is 22.2. The van der Waals surface area contributed by atoms with Crippen molar-refractivity contribution in [3.63, 3.8) is 0 Å². The number of esters is 1. The molecule has 0 N–H and O–H groups in total. The minimum Gasteiger partial charge on any atom is -0.489 e. The van der Waals surface area contributed by atoms with E-state index in [9.17, 15) is 9.59 Å². The van der Waals surface area contributed by atoms with E-state index < -0.39 is 12.0 Å². The van der Waals surface area contributed by atoms with Crippen LogP contribution in [0.1, 0.15) is 36.6 Å². The van der Waals surface area contributed by atoms with E-state index >= 15 is 0 Å². The fourth-order valence-electron chi connectivity index (χ4n) is 4.45. The van der Waals surface area contributed by atoms with E-state index in [-0.39, 0.29) is 12.2 Å². The average Bonchev–Trinajstić information content (AvgIpc) is 3.26. The molecule has 40 heavy (non-hydrogen) atoms. The first-order valence-electron chi connectivity index (χ1n) is 12.7. The minimum atomic E-state index is -0.628. The van der Waals surface area contributed by atoms with Gasteiger partial charge in [0.2, 0.25) is 0 Å². The first-order valence-corrected chi connectivity index (χ1v) is 15.1. The summed E-state index contributed by atoms with van der Waals surface area (Å²) in [6.45, 7) is 4.21. The van der Waals surface area contributed by atoms with Gasteiger partial charge in [-0.05, 0) is 79.3 Å². The molecular weight excluding hydrogens is 564 g/mol. The largest absolute Gasteiger partial charge is 0.489 e. The van der Waals surface area contributed by atoms with Gasteiger partial charge >= 0.3 is 5.97 Å². The summed E-state index contributed by atoms with van der Waals surface area (Å²) in [5.74, 6) is 0.253. The highest BCUT2D eigenvalue weighted by Crippen LogP contribution is 2.31. The van der Waals surface area contributed by atoms with Crippen LogP contribution < -0.4 is 19.6 Å². The van der Waals surface area contributed by atoms with Gasteiger partial charge in [-0.3, -0.25) is 9.36 Å². The fraction of sp³-hybridized carbons (Fsp3) is 0.194. The Morgan fingerprint density at radius 2 is 1.77 bits per heavy atom. The molecule has 1 unspecified atom stereocenters. The van der Waals surface area contributed by atoms with Crippen molar-refractivity contribution in [1.29, 1.82) is 0 Å². The van der Waals surface area contributed by atoms with Crippen molar-refractivity contribution in [2.75, 3.05) is 12.9 Å². The third kappa shape index (κ3) is 5.94. The van der Waals surface area contributed by atoms with E-state index in [1.807, 2.05) is 85.1 Å². The van der Waals surface area contributed by atoms with Crippen molar-refractivity contribution >= 4 is 46.7 Å². The fourth-order valence-corrected chi connectivity index (χ4v) is 6.03. The van der Waals surface area contributed by atoms with Crippen molar-refractivity contribution in [2.24, 2.45) is 4.99 Å². The Morgan fingerprint density at radius 3 is 2.42 bits per heavy atom. The van der Waals surface area contributed by atoms with E-state index in [2.05, 4.69) is 4.99 Å². The number of hydrogen-bond donors (Lipinski definition) is 0. The molecule has 9 heteroatoms. The molecule has 0 saturated carbocycles. The van der Waals surface area contributed by atoms with Crippen molar-refractivity contribution < 1.29 is 14.3 Å². The smallest absolute Gasteiger partial charge is 0.338 e. The molecule has 1 aliphatic rings. The number of ether oxygens (including phenoxy) is 2. The van der Waals surface area contributed by atoms with Crippen LogP contribution in [0.15, 0.2) is 98.7 Å². The van der Waals surface area contributed by atoms with Crippen molar-refractivity contribution in [3.8, 4) is 5.75 Å². The van der Waals surface area contributed by atoms with Gasteiger partial charge in [-0.1, -0.05) is 59.3 Å². The minimum absolute atomic E-state index is 0.208. The molecule has 2 heterocycles. The lowest BCUT2D eigenvalue weighted by Gasteiger charge is -2.24. The molecule has 0 spiro atoms. The van der Waals surface area contributed by atoms with Crippen molar-refractivity contribution in [2.45, 2.75) is 31.4 Å². The number of rotatable bonds is 8. The quantitative estimate of drug-likeness (QED) is 0.193. The van der Waals surface area contributed by atoms with Crippen LogP contribution in [-0.4, -0.2) is 23.4 Å². The number of allylic oxidation sites excluding steroid dienone is 1. The van der Waals surface area contributed by atoms with Gasteiger partial charge < -0.3 is 9.47 Å². The summed E-state index contributed by atoms with van der Waals surface area (Å²) in [4.78, 5) is 33.1. The van der Waals surface area contributed by atoms with Crippen LogP contribution in [0.2, 0.25) is 5.02 Å². The van der Waals surface area contributed by atoms with Crippen LogP contribution in [0.3, 0.4) is 0 Å². The van der Waals surface area contributed by atoms with E-state index in [1.54, 1.807) is 30.2 Å². The van der Waals surface area contributed by atoms with Crippen LogP contribution >= 0.6 is 34.7 Å². The third-order valence-corrected chi connectivity index (χ3v) is 8.42. The molecule has 1 atom stereocenters. The van der Waals surface area contributed by atoms with Gasteiger partial charge in [0.25, 0.3) is 5.56 Å². The van der Waals surface area contributed by atoms with Crippen LogP contribution in [-0.2, 0) is 16.1 Å². The maximum absolute atomic E-state index is 13.8. The van der Waals surface area contributed by atoms with Crippen LogP contribution in [0.25, 0.3) is 6.08 Å². The highest BCUT2D eigenvalue weighted by Gasteiger charge is 2.33. The molecule has 0 aliphatic carbocycles. The van der Waals surface area contributed by atoms with Crippen molar-refractivity contribution in [1.82, 2.24) is 4.57 Å². The topological polar surface area (TPSA) is 69.9 Å². The summed E-state index contributed by atoms with van der Waals surface area (Å²) in [6, 6.07) is 22.3. The van der Waals surface area contributed by atoms with Crippen LogP contribution in [0.4, 0.5) is 0 Å². The normalized spacial score (nSPS) is 15.0. The third-order valence-electron chi connectivity index (χ3n) is 6.45. The lowest BCUT2D eigenvalue weighted by atomic mass is 9.96. The van der Waals surface area contributed by atoms with Crippen molar-refractivity contribution in [3.05, 3.63) is 125 Å². The summed E-state index contributed by atoms with van der Waals surface area (Å²) in [6.07, 6.45) is 3.84. The van der Waals surface area contributed by atoms with Gasteiger partial charge in [-0.15, -0.1) is 11.8 Å². The summed E-state index contributed by atoms with van der Waals surface area (Å²) in [7, 11) is 0. The Balaban J connectivity index is 1.49. The maximum atomic E-state index is 13.8. The second kappa shape index (κ2) is 12.3. The van der Waals surface area contributed by atoms with Gasteiger partial charge in [0.05, 0.1) is 28.5 Å². The van der Waals surface area contributed by atoms with Gasteiger partial charge in [-0.25, -0.2) is 9.79 Å². The number of thioether (sulfide) groups is 1. The maximum Gasteiger partial charge on any atom is 0.338 e. The number of aromatic nitrogens is 1. The number of hydrogen-bond acceptors (Lipinski definition) is 7. The molecule has 6 nitrogen and oxygen atoms in total. The standard InChI is InChI=1S/C31H27ClN2O4S2/c1-4-37-30(36)27-19(2)33-31-34(28(27)22-9-15-25(39-3)16-10-22)29(35)26(40-31)17-20-7-13-24(14-8-20)38-18-21-5-11-23(32)12-6-21/h5-17,28H,4,18H2,1-3H3/b26-17+. The molecular formula is C31H27ClN2O4S2. The molecule has 3 aromatic carbocycles. The lowest BCUT2D eigenvalue weighted by Crippen LogP contribution is -2.39. The Hall–Kier alpha value is -3.59. The number of carbonyl (C=O) groups is 1. The molecule has 0 radical (unpaired) electrons. The van der Waals surface area contributed by atoms with Gasteiger partial charge in [0.15, 0.2) is 4.80 Å². The van der Waals surface area contributed by atoms with Gasteiger partial charge in [0.1, 0.15) is 12.4 Å². The number of halogens is 1. The molecule has 0 saturated heterocycles. The summed E-state index contributed by atoms with van der Waals surface area (Å²) >= 11 is 8.88. The molecule has 0 bridgehead atoms. The number of thiazole rings is 1. The van der Waals surface area contributed by atoms with Crippen LogP contribution in [0.5, 0.6) is 5.75 Å². The molecule has 0 fully saturated rings. The lowest BCUT2D eigenvalue weighted by molar-refractivity contribution is -0.139. The van der Waals surface area contributed by atoms with E-state index in [0.717, 1.165) is 27.3 Å². The zero-order chi connectivity index (χ0) is 28.2. The Bertz CT molecular complexity index is 1740. The number of benzene rings is 3. The van der Waals surface area contributed by atoms with Crippen LogP contribution in [0, 0.1) is 0 Å². The van der Waals surface area contributed by atoms with E-state index in [1.165, 1.54) is 11.3 Å². The Morgan fingerprint density at radius 1 is 1.07 bits per heavy atom. The molecule has 5 rings (SSSR count). The average molecular weight is 591 g/mol. The monoisotopic (exact) mass is 590 g/mol. The van der Waals surface area contributed by atoms with E-state index in [4.69, 9.17) is 21.1 Å². The number of nitrogens with zero attached hydrogens (tertiary/aromatic N) is 2. The SMILES string of the molecule is CCOC(=O)C1=C(C)N=c2s/c(=C/c3ccc(OCc4ccc(Cl)cc4)cc3)c(=O)n2C1c1ccc(SC)cc1. The van der Waals surface area contributed by atoms with E-state index in [0.29, 0.717) is 32.2 Å². The number of fused-ring (bicyclic) bond motifs is 1. The predicted molar refractivity (Wildman–Crippen MR) is 161 cm³/mol. The first-order chi connectivity index (χ1) is 19.4. The summed E-state index contributed by atoms with van der Waals surface area (Å²) in [5, 5.41) is 0.686. The zero-order valence-corrected chi connectivity index (χ0v) is 24.6. The second-order valence-electron chi connectivity index (χ2n) is 9.06. The molecule has 204 valence electrons. The Kier molecular flexibility index (Phi) is 8.59. The highest BCUT2D eigenvalue weighted by atomic mass is 35.5. The van der Waals surface area contributed by atoms with Gasteiger partial charge in [0, 0.05) is 9.92 Å². The summed E-state index contributed by atoms with van der Waals surface area (Å²) < 4.78 is 13.4.